The van der Waals surface area contributed by atoms with E-state index >= 15 is 0 Å². The van der Waals surface area contributed by atoms with Crippen LogP contribution in [0.5, 0.6) is 0 Å². The Labute approximate surface area is 96.8 Å². The van der Waals surface area contributed by atoms with Crippen molar-refractivity contribution in [2.45, 2.75) is 32.2 Å². The molecule has 0 bridgehead atoms. The highest BCUT2D eigenvalue weighted by atomic mass is 35.5. The molecule has 4 heteroatoms. The molecule has 1 amide bonds. The predicted octanol–water partition coefficient (Wildman–Crippen LogP) is 0.932. The highest BCUT2D eigenvalue weighted by molar-refractivity contribution is 5.85. The monoisotopic (exact) mass is 230 g/mol. The van der Waals surface area contributed by atoms with Crippen LogP contribution >= 0.6 is 12.4 Å². The predicted molar refractivity (Wildman–Crippen MR) is 61.0 cm³/mol. The summed E-state index contributed by atoms with van der Waals surface area (Å²) in [5, 5.41) is 6.43. The van der Waals surface area contributed by atoms with E-state index in [4.69, 9.17) is 0 Å². The van der Waals surface area contributed by atoms with E-state index in [2.05, 4.69) is 17.6 Å². The summed E-state index contributed by atoms with van der Waals surface area (Å²) in [7, 11) is 0. The summed E-state index contributed by atoms with van der Waals surface area (Å²) in [6.07, 6.45) is 3.54. The first-order chi connectivity index (χ1) is 6.75. The minimum atomic E-state index is 0. The summed E-state index contributed by atoms with van der Waals surface area (Å²) in [6.45, 7) is 4.32. The molecule has 3 atom stereocenters. The second kappa shape index (κ2) is 3.63. The number of nitrogens with one attached hydrogen (secondary N) is 2. The van der Waals surface area contributed by atoms with Crippen LogP contribution in [0.25, 0.3) is 0 Å². The molecule has 3 fully saturated rings. The van der Waals surface area contributed by atoms with Gasteiger partial charge in [0.05, 0.1) is 0 Å². The average molecular weight is 231 g/mol. The zero-order valence-electron chi connectivity index (χ0n) is 9.08. The summed E-state index contributed by atoms with van der Waals surface area (Å²) in [5.74, 6) is 1.43. The summed E-state index contributed by atoms with van der Waals surface area (Å²) >= 11 is 0. The second-order valence-corrected chi connectivity index (χ2v) is 5.24. The summed E-state index contributed by atoms with van der Waals surface area (Å²) in [5.41, 5.74) is 0.390. The topological polar surface area (TPSA) is 41.1 Å². The maximum atomic E-state index is 11.8. The van der Waals surface area contributed by atoms with Gasteiger partial charge in [-0.25, -0.2) is 0 Å². The van der Waals surface area contributed by atoms with E-state index in [1.807, 2.05) is 0 Å². The smallest absolute Gasteiger partial charge is 0.224 e. The molecule has 3 aliphatic rings. The van der Waals surface area contributed by atoms with Crippen LogP contribution in [0.15, 0.2) is 0 Å². The van der Waals surface area contributed by atoms with Crippen LogP contribution < -0.4 is 10.6 Å². The van der Waals surface area contributed by atoms with E-state index in [9.17, 15) is 4.79 Å². The molecule has 3 nitrogen and oxygen atoms in total. The Morgan fingerprint density at radius 1 is 1.53 bits per heavy atom. The minimum absolute atomic E-state index is 0. The first-order valence-corrected chi connectivity index (χ1v) is 5.76. The van der Waals surface area contributed by atoms with Crippen molar-refractivity contribution in [2.24, 2.45) is 17.3 Å². The van der Waals surface area contributed by atoms with E-state index in [0.717, 1.165) is 25.4 Å². The van der Waals surface area contributed by atoms with E-state index in [1.165, 1.54) is 12.8 Å². The Morgan fingerprint density at radius 3 is 2.67 bits per heavy atom. The van der Waals surface area contributed by atoms with Crippen LogP contribution in [-0.2, 0) is 4.79 Å². The van der Waals surface area contributed by atoms with Gasteiger partial charge in [0.15, 0.2) is 0 Å². The Hall–Kier alpha value is -0.280. The Balaban J connectivity index is 0.000000853. The number of rotatable bonds is 3. The fourth-order valence-corrected chi connectivity index (χ4v) is 2.71. The van der Waals surface area contributed by atoms with Crippen molar-refractivity contribution in [3.8, 4) is 0 Å². The molecular weight excluding hydrogens is 212 g/mol. The van der Waals surface area contributed by atoms with Crippen LogP contribution in [0, 0.1) is 17.3 Å². The van der Waals surface area contributed by atoms with Crippen molar-refractivity contribution < 1.29 is 4.79 Å². The van der Waals surface area contributed by atoms with Gasteiger partial charge in [-0.2, -0.15) is 0 Å². The van der Waals surface area contributed by atoms with E-state index in [-0.39, 0.29) is 12.4 Å². The van der Waals surface area contributed by atoms with Gasteiger partial charge >= 0.3 is 0 Å². The fourth-order valence-electron chi connectivity index (χ4n) is 2.71. The van der Waals surface area contributed by atoms with Gasteiger partial charge in [-0.1, -0.05) is 13.3 Å². The third kappa shape index (κ3) is 1.76. The van der Waals surface area contributed by atoms with Gasteiger partial charge in [0, 0.05) is 30.5 Å². The molecule has 3 rings (SSSR count). The molecule has 1 heterocycles. The van der Waals surface area contributed by atoms with E-state index in [0.29, 0.717) is 23.3 Å². The van der Waals surface area contributed by atoms with Crippen molar-refractivity contribution >= 4 is 18.3 Å². The average Bonchev–Trinajstić information content (AvgIpc) is 2.96. The van der Waals surface area contributed by atoms with Gasteiger partial charge in [0.25, 0.3) is 0 Å². The Kier molecular flexibility index (Phi) is 2.72. The lowest BCUT2D eigenvalue weighted by Gasteiger charge is -2.28. The van der Waals surface area contributed by atoms with Crippen molar-refractivity contribution in [1.82, 2.24) is 10.6 Å². The highest BCUT2D eigenvalue weighted by Gasteiger charge is 2.61. The maximum Gasteiger partial charge on any atom is 0.224 e. The van der Waals surface area contributed by atoms with E-state index in [1.54, 1.807) is 0 Å². The summed E-state index contributed by atoms with van der Waals surface area (Å²) in [4.78, 5) is 11.8. The lowest BCUT2D eigenvalue weighted by Crippen LogP contribution is -2.47. The normalized spacial score (nSPS) is 38.9. The van der Waals surface area contributed by atoms with Crippen LogP contribution in [-0.4, -0.2) is 25.0 Å². The Morgan fingerprint density at radius 2 is 2.27 bits per heavy atom. The van der Waals surface area contributed by atoms with Crippen LogP contribution in [0.3, 0.4) is 0 Å². The molecule has 0 aromatic carbocycles. The van der Waals surface area contributed by atoms with Gasteiger partial charge in [0.1, 0.15) is 0 Å². The van der Waals surface area contributed by atoms with Gasteiger partial charge < -0.3 is 10.6 Å². The lowest BCUT2D eigenvalue weighted by molar-refractivity contribution is -0.123. The molecule has 0 radical (unpaired) electrons. The van der Waals surface area contributed by atoms with Gasteiger partial charge in [-0.3, -0.25) is 4.79 Å². The molecule has 2 N–H and O–H groups in total. The molecule has 1 saturated heterocycles. The number of halogens is 1. The quantitative estimate of drug-likeness (QED) is 0.758. The standard InChI is InChI=1S/C11H18N2O.ClH/c1-2-7-3-9(7)13-10(14)8-4-11(8)5-12-6-11;/h7-9,12H,2-6H2,1H3,(H,13,14);1H. The Bertz CT molecular complexity index is 278. The van der Waals surface area contributed by atoms with Crippen molar-refractivity contribution in [2.75, 3.05) is 13.1 Å². The van der Waals surface area contributed by atoms with Gasteiger partial charge in [-0.05, 0) is 18.8 Å². The number of carbonyl (C=O) groups is 1. The molecular formula is C11H19ClN2O. The molecule has 0 aromatic rings. The summed E-state index contributed by atoms with van der Waals surface area (Å²) < 4.78 is 0. The molecule has 15 heavy (non-hydrogen) atoms. The van der Waals surface area contributed by atoms with Crippen LogP contribution in [0.2, 0.25) is 0 Å². The zero-order valence-corrected chi connectivity index (χ0v) is 9.90. The number of hydrogen-bond acceptors (Lipinski definition) is 2. The van der Waals surface area contributed by atoms with Crippen molar-refractivity contribution in [3.05, 3.63) is 0 Å². The molecule has 1 aliphatic heterocycles. The highest BCUT2D eigenvalue weighted by Crippen LogP contribution is 2.55. The molecule has 1 spiro atoms. The minimum Gasteiger partial charge on any atom is -0.353 e. The zero-order chi connectivity index (χ0) is 9.76. The molecule has 2 aliphatic carbocycles. The third-order valence-corrected chi connectivity index (χ3v) is 4.23. The first kappa shape index (κ1) is 11.2. The van der Waals surface area contributed by atoms with Crippen molar-refractivity contribution in [1.29, 1.82) is 0 Å². The first-order valence-electron chi connectivity index (χ1n) is 5.76. The molecule has 3 unspecified atom stereocenters. The number of hydrogen-bond donors (Lipinski definition) is 2. The summed E-state index contributed by atoms with van der Waals surface area (Å²) in [6, 6.07) is 0.512. The largest absolute Gasteiger partial charge is 0.353 e. The van der Waals surface area contributed by atoms with Crippen LogP contribution in [0.4, 0.5) is 0 Å². The SMILES string of the molecule is CCC1CC1NC(=O)C1CC12CNC2.Cl. The number of carbonyl (C=O) groups excluding carboxylic acids is 1. The third-order valence-electron chi connectivity index (χ3n) is 4.23. The molecule has 86 valence electrons. The van der Waals surface area contributed by atoms with Gasteiger partial charge in [0.2, 0.25) is 5.91 Å². The van der Waals surface area contributed by atoms with Crippen LogP contribution in [0.1, 0.15) is 26.2 Å². The lowest BCUT2D eigenvalue weighted by atomic mass is 9.96. The number of amides is 1. The fraction of sp³-hybridized carbons (Fsp3) is 0.909. The van der Waals surface area contributed by atoms with Gasteiger partial charge in [-0.15, -0.1) is 12.4 Å². The molecule has 0 aromatic heterocycles. The molecule has 2 saturated carbocycles. The maximum absolute atomic E-state index is 11.8. The van der Waals surface area contributed by atoms with E-state index < -0.39 is 0 Å². The second-order valence-electron chi connectivity index (χ2n) is 5.24. The van der Waals surface area contributed by atoms with Crippen molar-refractivity contribution in [3.63, 3.8) is 0 Å².